The largest absolute Gasteiger partial charge is 0.321 e. The van der Waals surface area contributed by atoms with Crippen LogP contribution in [-0.2, 0) is 9.59 Å². The summed E-state index contributed by atoms with van der Waals surface area (Å²) in [5, 5.41) is 10.8. The monoisotopic (exact) mass is 690 g/mol. The van der Waals surface area contributed by atoms with Gasteiger partial charge in [0.1, 0.15) is 11.5 Å². The molecule has 12 heteroatoms. The topological polar surface area (TPSA) is 100 Å². The molecule has 0 bridgehead atoms. The van der Waals surface area contributed by atoms with Crippen LogP contribution in [0.4, 0.5) is 15.2 Å². The Kier molecular flexibility index (Phi) is 10.9. The van der Waals surface area contributed by atoms with E-state index < -0.39 is 22.9 Å². The third-order valence-corrected chi connectivity index (χ3v) is 8.94. The maximum Gasteiger partial charge on any atom is 0.272 e. The minimum absolute atomic E-state index is 0.0411. The van der Waals surface area contributed by atoms with E-state index in [4.69, 9.17) is 23.2 Å². The third-order valence-electron chi connectivity index (χ3n) is 6.49. The van der Waals surface area contributed by atoms with Gasteiger partial charge in [-0.25, -0.2) is 9.37 Å². The van der Waals surface area contributed by atoms with Gasteiger partial charge in [0.2, 0.25) is 5.91 Å². The Bertz CT molecular complexity index is 1880. The summed E-state index contributed by atoms with van der Waals surface area (Å²) >= 11 is 14.8. The molecule has 1 atom stereocenters. The van der Waals surface area contributed by atoms with E-state index in [-0.39, 0.29) is 22.2 Å². The van der Waals surface area contributed by atoms with Gasteiger partial charge in [0.05, 0.1) is 16.0 Å². The van der Waals surface area contributed by atoms with Crippen LogP contribution in [0.15, 0.2) is 113 Å². The molecule has 0 saturated carbocycles. The normalized spacial score (nSPS) is 11.9. The number of nitrogens with one attached hydrogen (secondary N) is 3. The van der Waals surface area contributed by atoms with Crippen LogP contribution in [0.3, 0.4) is 0 Å². The van der Waals surface area contributed by atoms with Gasteiger partial charge in [-0.15, -0.1) is 23.1 Å². The number of nitrogens with zero attached hydrogens (tertiary/aromatic N) is 1. The van der Waals surface area contributed by atoms with Crippen molar-refractivity contribution >= 4 is 80.9 Å². The van der Waals surface area contributed by atoms with E-state index in [9.17, 15) is 18.8 Å². The van der Waals surface area contributed by atoms with Crippen molar-refractivity contribution in [1.29, 1.82) is 0 Å². The number of hydrogen-bond donors (Lipinski definition) is 3. The summed E-state index contributed by atoms with van der Waals surface area (Å²) in [7, 11) is 0. The first-order valence-electron chi connectivity index (χ1n) is 13.8. The molecule has 5 aromatic rings. The fourth-order valence-electron chi connectivity index (χ4n) is 4.10. The van der Waals surface area contributed by atoms with Gasteiger partial charge in [-0.2, -0.15) is 0 Å². The van der Waals surface area contributed by atoms with Gasteiger partial charge in [0.15, 0.2) is 5.13 Å². The highest BCUT2D eigenvalue weighted by Crippen LogP contribution is 2.29. The number of benzene rings is 4. The number of halogens is 3. The fourth-order valence-corrected chi connectivity index (χ4v) is 6.03. The predicted octanol–water partition coefficient (Wildman–Crippen LogP) is 8.78. The molecule has 7 nitrogen and oxygen atoms in total. The first-order valence-corrected chi connectivity index (χ1v) is 16.3. The molecule has 5 rings (SSSR count). The Morgan fingerprint density at radius 2 is 1.61 bits per heavy atom. The summed E-state index contributed by atoms with van der Waals surface area (Å²) < 4.78 is 14.6. The van der Waals surface area contributed by atoms with E-state index >= 15 is 0 Å². The number of thioether (sulfide) groups is 1. The zero-order valence-electron chi connectivity index (χ0n) is 24.1. The highest BCUT2D eigenvalue weighted by Gasteiger charge is 2.19. The van der Waals surface area contributed by atoms with Crippen molar-refractivity contribution in [2.24, 2.45) is 0 Å². The van der Waals surface area contributed by atoms with Crippen molar-refractivity contribution in [3.05, 3.63) is 135 Å². The van der Waals surface area contributed by atoms with Crippen LogP contribution >= 0.6 is 46.3 Å². The number of hydrogen-bond acceptors (Lipinski definition) is 6. The molecule has 0 aliphatic heterocycles. The van der Waals surface area contributed by atoms with Gasteiger partial charge in [0, 0.05) is 37.7 Å². The molecule has 46 heavy (non-hydrogen) atoms. The molecule has 232 valence electrons. The molecular formula is C34H25Cl2FN4O3S2. The van der Waals surface area contributed by atoms with Crippen LogP contribution in [0.2, 0.25) is 10.0 Å². The van der Waals surface area contributed by atoms with Crippen molar-refractivity contribution < 1.29 is 18.8 Å². The van der Waals surface area contributed by atoms with Crippen molar-refractivity contribution in [2.75, 3.05) is 10.6 Å². The van der Waals surface area contributed by atoms with Gasteiger partial charge < -0.3 is 16.0 Å². The molecule has 0 fully saturated rings. The van der Waals surface area contributed by atoms with Crippen LogP contribution in [0.25, 0.3) is 17.3 Å². The lowest BCUT2D eigenvalue weighted by Gasteiger charge is -2.13. The zero-order valence-corrected chi connectivity index (χ0v) is 27.2. The molecule has 0 spiro atoms. The van der Waals surface area contributed by atoms with Gasteiger partial charge >= 0.3 is 0 Å². The van der Waals surface area contributed by atoms with Crippen molar-refractivity contribution in [2.45, 2.75) is 17.1 Å². The van der Waals surface area contributed by atoms with E-state index in [0.29, 0.717) is 21.4 Å². The maximum absolute atomic E-state index is 14.6. The summed E-state index contributed by atoms with van der Waals surface area (Å²) in [6.45, 7) is 1.78. The number of carbonyl (C=O) groups is 3. The van der Waals surface area contributed by atoms with Crippen molar-refractivity contribution in [3.63, 3.8) is 0 Å². The smallest absolute Gasteiger partial charge is 0.272 e. The summed E-state index contributed by atoms with van der Waals surface area (Å²) in [5.74, 6) is -2.09. The highest BCUT2D eigenvalue weighted by molar-refractivity contribution is 8.00. The summed E-state index contributed by atoms with van der Waals surface area (Å²) in [6.07, 6.45) is 1.19. The fraction of sp³-hybridized carbons (Fsp3) is 0.0588. The number of thiazole rings is 1. The lowest BCUT2D eigenvalue weighted by atomic mass is 10.1. The number of aromatic nitrogens is 1. The van der Waals surface area contributed by atoms with Crippen LogP contribution in [-0.4, -0.2) is 28.0 Å². The molecule has 1 heterocycles. The standard InChI is InChI=1S/C34H25Cl2FN4O3S2/c1-20(31(42)41-34-40-30(19-45-34)21-10-12-23(35)13-11-21)46-25-16-14-24(15-17-25)38-33(44)29(18-26-27(36)8-5-9-28(26)37)39-32(43)22-6-3-2-4-7-22/h2-20H,1H3,(H,38,44)(H,39,43)(H,40,41,42)/b29-18-. The van der Waals surface area contributed by atoms with Crippen molar-refractivity contribution in [3.8, 4) is 11.3 Å². The summed E-state index contributed by atoms with van der Waals surface area (Å²) in [5.41, 5.74) is 2.13. The van der Waals surface area contributed by atoms with E-state index in [1.807, 2.05) is 17.5 Å². The average Bonchev–Trinajstić information content (AvgIpc) is 3.52. The second-order valence-electron chi connectivity index (χ2n) is 9.79. The van der Waals surface area contributed by atoms with Crippen LogP contribution < -0.4 is 16.0 Å². The first kappa shape index (κ1) is 32.9. The molecule has 1 aromatic heterocycles. The van der Waals surface area contributed by atoms with Gasteiger partial charge in [-0.1, -0.05) is 59.6 Å². The van der Waals surface area contributed by atoms with Gasteiger partial charge in [-0.3, -0.25) is 14.4 Å². The number of anilines is 2. The quantitative estimate of drug-likeness (QED) is 0.100. The van der Waals surface area contributed by atoms with E-state index in [1.54, 1.807) is 73.7 Å². The van der Waals surface area contributed by atoms with E-state index in [2.05, 4.69) is 20.9 Å². The van der Waals surface area contributed by atoms with Gasteiger partial charge in [-0.05, 0) is 73.7 Å². The molecule has 0 radical (unpaired) electrons. The van der Waals surface area contributed by atoms with Crippen LogP contribution in [0, 0.1) is 5.82 Å². The Balaban J connectivity index is 1.23. The molecule has 0 aliphatic carbocycles. The Morgan fingerprint density at radius 3 is 2.30 bits per heavy atom. The lowest BCUT2D eigenvalue weighted by Crippen LogP contribution is -2.30. The van der Waals surface area contributed by atoms with Crippen LogP contribution in [0.1, 0.15) is 22.8 Å². The number of amides is 3. The Morgan fingerprint density at radius 1 is 0.891 bits per heavy atom. The summed E-state index contributed by atoms with van der Waals surface area (Å²) in [4.78, 5) is 44.3. The third kappa shape index (κ3) is 8.61. The Labute approximate surface area is 282 Å². The molecule has 0 aliphatic rings. The van der Waals surface area contributed by atoms with E-state index in [1.165, 1.54) is 47.4 Å². The van der Waals surface area contributed by atoms with Crippen molar-refractivity contribution in [1.82, 2.24) is 10.3 Å². The molecular weight excluding hydrogens is 666 g/mol. The lowest BCUT2D eigenvalue weighted by molar-refractivity contribution is -0.115. The minimum atomic E-state index is -0.682. The zero-order chi connectivity index (χ0) is 32.6. The maximum atomic E-state index is 14.6. The predicted molar refractivity (Wildman–Crippen MR) is 185 cm³/mol. The minimum Gasteiger partial charge on any atom is -0.321 e. The number of rotatable bonds is 10. The van der Waals surface area contributed by atoms with E-state index in [0.717, 1.165) is 16.2 Å². The van der Waals surface area contributed by atoms with Gasteiger partial charge in [0.25, 0.3) is 11.8 Å². The molecule has 3 amide bonds. The summed E-state index contributed by atoms with van der Waals surface area (Å²) in [6, 6.07) is 26.6. The highest BCUT2D eigenvalue weighted by atomic mass is 35.5. The molecule has 0 saturated heterocycles. The first-order chi connectivity index (χ1) is 22.2. The molecule has 3 N–H and O–H groups in total. The second-order valence-corrected chi connectivity index (χ2v) is 12.9. The molecule has 4 aromatic carbocycles. The van der Waals surface area contributed by atoms with Crippen LogP contribution in [0.5, 0.6) is 0 Å². The Hall–Kier alpha value is -4.48. The molecule has 1 unspecified atom stereocenters. The SMILES string of the molecule is CC(Sc1ccc(NC(=O)/C(=C/c2c(F)cccc2Cl)NC(=O)c2ccccc2)cc1)C(=O)Nc1nc(-c2ccc(Cl)cc2)cs1. The number of carbonyl (C=O) groups excluding carboxylic acids is 3. The average molecular weight is 692 g/mol. The second kappa shape index (κ2) is 15.2.